The first kappa shape index (κ1) is 10.3. The van der Waals surface area contributed by atoms with Crippen LogP contribution in [-0.2, 0) is 10.2 Å². The van der Waals surface area contributed by atoms with Crippen molar-refractivity contribution in [1.82, 2.24) is 0 Å². The van der Waals surface area contributed by atoms with Crippen LogP contribution in [0.5, 0.6) is 0 Å². The molecule has 0 bridgehead atoms. The third-order valence-corrected chi connectivity index (χ3v) is 3.48. The first-order valence-corrected chi connectivity index (χ1v) is 5.25. The summed E-state index contributed by atoms with van der Waals surface area (Å²) >= 11 is 0. The molecule has 2 rings (SSSR count). The fraction of sp³-hybridized carbons (Fsp3) is 0.462. The molecule has 0 radical (unpaired) electrons. The van der Waals surface area contributed by atoms with Gasteiger partial charge in [0.25, 0.3) is 0 Å². The lowest BCUT2D eigenvalue weighted by Gasteiger charge is -2.40. The van der Waals surface area contributed by atoms with E-state index in [0.717, 1.165) is 17.4 Å². The molecule has 1 aliphatic carbocycles. The van der Waals surface area contributed by atoms with Gasteiger partial charge < -0.3 is 4.79 Å². The Morgan fingerprint density at radius 1 is 1.33 bits per heavy atom. The Hall–Kier alpha value is -1.18. The van der Waals surface area contributed by atoms with Gasteiger partial charge >= 0.3 is 0 Å². The summed E-state index contributed by atoms with van der Waals surface area (Å²) in [5, 5.41) is 0. The lowest BCUT2D eigenvalue weighted by Crippen LogP contribution is -2.44. The Kier molecular flexibility index (Phi) is 2.37. The van der Waals surface area contributed by atoms with E-state index in [4.69, 9.17) is 0 Å². The highest BCUT2D eigenvalue weighted by Gasteiger charge is 2.46. The number of carbonyl (C=O) groups is 1. The predicted octanol–water partition coefficient (Wildman–Crippen LogP) is 2.87. The molecule has 2 heteroatoms. The molecule has 80 valence electrons. The van der Waals surface area contributed by atoms with Crippen molar-refractivity contribution in [2.45, 2.75) is 38.3 Å². The molecule has 0 amide bonds. The zero-order chi connectivity index (χ0) is 11.1. The van der Waals surface area contributed by atoms with Crippen LogP contribution in [-0.4, -0.2) is 12.5 Å². The van der Waals surface area contributed by atoms with E-state index in [-0.39, 0.29) is 0 Å². The van der Waals surface area contributed by atoms with Gasteiger partial charge in [0, 0.05) is 0 Å². The van der Waals surface area contributed by atoms with Crippen LogP contribution in [0.4, 0.5) is 4.39 Å². The molecule has 0 N–H and O–H groups in total. The number of benzene rings is 1. The van der Waals surface area contributed by atoms with Gasteiger partial charge in [-0.05, 0) is 43.4 Å². The summed E-state index contributed by atoms with van der Waals surface area (Å²) in [5.41, 5.74) is 2.79. The molecule has 0 atom stereocenters. The Morgan fingerprint density at radius 2 is 2.00 bits per heavy atom. The Morgan fingerprint density at radius 3 is 2.47 bits per heavy atom. The van der Waals surface area contributed by atoms with Gasteiger partial charge in [-0.1, -0.05) is 18.2 Å². The van der Waals surface area contributed by atoms with E-state index in [9.17, 15) is 9.18 Å². The van der Waals surface area contributed by atoms with Crippen LogP contribution in [0.15, 0.2) is 18.2 Å². The van der Waals surface area contributed by atoms with Crippen molar-refractivity contribution in [3.63, 3.8) is 0 Å². The molecule has 1 saturated carbocycles. The van der Waals surface area contributed by atoms with Gasteiger partial charge in [0.1, 0.15) is 12.5 Å². The zero-order valence-electron chi connectivity index (χ0n) is 9.09. The number of aldehydes is 1. The molecule has 1 aromatic rings. The van der Waals surface area contributed by atoms with E-state index in [1.165, 1.54) is 5.56 Å². The minimum absolute atomic E-state index is 0.346. The third kappa shape index (κ3) is 1.58. The molecule has 0 unspecified atom stereocenters. The number of hydrogen-bond acceptors (Lipinski definition) is 1. The molecule has 0 aromatic heterocycles. The van der Waals surface area contributed by atoms with Crippen LogP contribution in [0.2, 0.25) is 0 Å². The van der Waals surface area contributed by atoms with Gasteiger partial charge in [0.15, 0.2) is 0 Å². The van der Waals surface area contributed by atoms with Gasteiger partial charge in [0.2, 0.25) is 0 Å². The van der Waals surface area contributed by atoms with Crippen LogP contribution in [0, 0.1) is 13.8 Å². The summed E-state index contributed by atoms with van der Waals surface area (Å²) in [7, 11) is 0. The fourth-order valence-electron chi connectivity index (χ4n) is 2.18. The van der Waals surface area contributed by atoms with Crippen molar-refractivity contribution in [3.05, 3.63) is 34.9 Å². The normalized spacial score (nSPS) is 29.7. The smallest absolute Gasteiger partial charge is 0.130 e. The first-order chi connectivity index (χ1) is 7.07. The molecule has 1 aromatic carbocycles. The topological polar surface area (TPSA) is 17.1 Å². The maximum atomic E-state index is 12.9. The van der Waals surface area contributed by atoms with Crippen molar-refractivity contribution in [3.8, 4) is 0 Å². The molecule has 0 spiro atoms. The molecule has 0 saturated heterocycles. The number of alkyl halides is 1. The summed E-state index contributed by atoms with van der Waals surface area (Å²) < 4.78 is 12.9. The average molecular weight is 206 g/mol. The molecule has 1 aliphatic rings. The summed E-state index contributed by atoms with van der Waals surface area (Å²) in [5.74, 6) is 0. The minimum Gasteiger partial charge on any atom is -0.302 e. The largest absolute Gasteiger partial charge is 0.302 e. The standard InChI is InChI=1S/C13H15FO/c1-9-3-4-11(5-10(9)2)13(8-15)6-12(14)7-13/h3-5,8,12H,6-7H2,1-2H3. The third-order valence-electron chi connectivity index (χ3n) is 3.48. The van der Waals surface area contributed by atoms with Crippen LogP contribution in [0.3, 0.4) is 0 Å². The van der Waals surface area contributed by atoms with Gasteiger partial charge in [-0.2, -0.15) is 0 Å². The van der Waals surface area contributed by atoms with Crippen molar-refractivity contribution >= 4 is 6.29 Å². The molecular weight excluding hydrogens is 191 g/mol. The van der Waals surface area contributed by atoms with Crippen LogP contribution < -0.4 is 0 Å². The monoisotopic (exact) mass is 206 g/mol. The Balaban J connectivity index is 2.36. The van der Waals surface area contributed by atoms with E-state index in [1.54, 1.807) is 0 Å². The van der Waals surface area contributed by atoms with Crippen LogP contribution >= 0.6 is 0 Å². The molecule has 0 aliphatic heterocycles. The molecular formula is C13H15FO. The molecule has 1 nitrogen and oxygen atoms in total. The average Bonchev–Trinajstić information content (AvgIpc) is 2.17. The number of halogens is 1. The zero-order valence-corrected chi connectivity index (χ0v) is 9.09. The minimum atomic E-state index is -0.809. The highest BCUT2D eigenvalue weighted by atomic mass is 19.1. The van der Waals surface area contributed by atoms with Crippen molar-refractivity contribution < 1.29 is 9.18 Å². The number of carbonyl (C=O) groups excluding carboxylic acids is 1. The second-order valence-corrected chi connectivity index (χ2v) is 4.58. The van der Waals surface area contributed by atoms with E-state index in [0.29, 0.717) is 12.8 Å². The highest BCUT2D eigenvalue weighted by molar-refractivity contribution is 5.71. The second-order valence-electron chi connectivity index (χ2n) is 4.58. The van der Waals surface area contributed by atoms with E-state index < -0.39 is 11.6 Å². The van der Waals surface area contributed by atoms with Crippen LogP contribution in [0.25, 0.3) is 0 Å². The van der Waals surface area contributed by atoms with Crippen molar-refractivity contribution in [2.75, 3.05) is 0 Å². The Labute approximate surface area is 89.3 Å². The SMILES string of the molecule is Cc1ccc(C2(C=O)CC(F)C2)cc1C. The number of rotatable bonds is 2. The van der Waals surface area contributed by atoms with Crippen molar-refractivity contribution in [2.24, 2.45) is 0 Å². The summed E-state index contributed by atoms with van der Waals surface area (Å²) in [6.45, 7) is 4.05. The first-order valence-electron chi connectivity index (χ1n) is 5.25. The highest BCUT2D eigenvalue weighted by Crippen LogP contribution is 2.44. The van der Waals surface area contributed by atoms with Crippen LogP contribution in [0.1, 0.15) is 29.5 Å². The maximum Gasteiger partial charge on any atom is 0.130 e. The quantitative estimate of drug-likeness (QED) is 0.680. The van der Waals surface area contributed by atoms with E-state index in [1.807, 2.05) is 32.0 Å². The van der Waals surface area contributed by atoms with Crippen molar-refractivity contribution in [1.29, 1.82) is 0 Å². The van der Waals surface area contributed by atoms with Gasteiger partial charge in [-0.15, -0.1) is 0 Å². The second kappa shape index (κ2) is 3.44. The lowest BCUT2D eigenvalue weighted by molar-refractivity contribution is -0.117. The van der Waals surface area contributed by atoms with Gasteiger partial charge in [-0.25, -0.2) is 4.39 Å². The predicted molar refractivity (Wildman–Crippen MR) is 57.8 cm³/mol. The van der Waals surface area contributed by atoms with Gasteiger partial charge in [-0.3, -0.25) is 0 Å². The number of hydrogen-bond donors (Lipinski definition) is 0. The molecule has 1 fully saturated rings. The number of aryl methyl sites for hydroxylation is 2. The van der Waals surface area contributed by atoms with E-state index in [2.05, 4.69) is 0 Å². The van der Waals surface area contributed by atoms with E-state index >= 15 is 0 Å². The maximum absolute atomic E-state index is 12.9. The summed E-state index contributed by atoms with van der Waals surface area (Å²) in [4.78, 5) is 11.1. The molecule has 15 heavy (non-hydrogen) atoms. The lowest BCUT2D eigenvalue weighted by atomic mass is 9.64. The fourth-order valence-corrected chi connectivity index (χ4v) is 2.18. The summed E-state index contributed by atoms with van der Waals surface area (Å²) in [6.07, 6.45) is 0.794. The van der Waals surface area contributed by atoms with Gasteiger partial charge in [0.05, 0.1) is 5.41 Å². The summed E-state index contributed by atoms with van der Waals surface area (Å²) in [6, 6.07) is 5.96. The Bertz CT molecular complexity index is 392. The molecule has 0 heterocycles.